The van der Waals surface area contributed by atoms with Gasteiger partial charge in [-0.05, 0) is 19.9 Å². The Balaban J connectivity index is 1.72. The highest BCUT2D eigenvalue weighted by atomic mass is 32.2. The average molecular weight is 327 g/mol. The van der Waals surface area contributed by atoms with E-state index in [1.54, 1.807) is 6.26 Å². The Morgan fingerprint density at radius 1 is 1.17 bits per heavy atom. The van der Waals surface area contributed by atoms with Gasteiger partial charge in [0.15, 0.2) is 16.8 Å². The molecule has 118 valence electrons. The summed E-state index contributed by atoms with van der Waals surface area (Å²) in [5, 5.41) is 9.09. The molecule has 1 aromatic carbocycles. The first-order valence-electron chi connectivity index (χ1n) is 7.23. The summed E-state index contributed by atoms with van der Waals surface area (Å²) in [5.41, 5.74) is 2.77. The molecule has 0 fully saturated rings. The predicted molar refractivity (Wildman–Crippen MR) is 89.7 cm³/mol. The Hall–Kier alpha value is -2.34. The van der Waals surface area contributed by atoms with Crippen LogP contribution in [0.1, 0.15) is 21.7 Å². The maximum absolute atomic E-state index is 12.2. The monoisotopic (exact) mass is 327 g/mol. The molecule has 6 heteroatoms. The van der Waals surface area contributed by atoms with E-state index in [1.807, 2.05) is 55.8 Å². The van der Waals surface area contributed by atoms with Crippen LogP contribution in [-0.4, -0.2) is 26.3 Å². The Kier molecular flexibility index (Phi) is 4.34. The van der Waals surface area contributed by atoms with Crippen molar-refractivity contribution in [3.63, 3.8) is 0 Å². The fourth-order valence-corrected chi connectivity index (χ4v) is 3.05. The second-order valence-electron chi connectivity index (χ2n) is 5.33. The van der Waals surface area contributed by atoms with Crippen molar-refractivity contribution in [2.45, 2.75) is 19.0 Å². The van der Waals surface area contributed by atoms with Crippen LogP contribution in [0.3, 0.4) is 0 Å². The number of benzene rings is 1. The van der Waals surface area contributed by atoms with Crippen LogP contribution < -0.4 is 0 Å². The first-order valence-corrected chi connectivity index (χ1v) is 8.21. The highest BCUT2D eigenvalue weighted by molar-refractivity contribution is 7.99. The molecule has 0 saturated carbocycles. The zero-order chi connectivity index (χ0) is 16.4. The number of thioether (sulfide) groups is 1. The van der Waals surface area contributed by atoms with Crippen molar-refractivity contribution >= 4 is 17.5 Å². The summed E-state index contributed by atoms with van der Waals surface area (Å²) >= 11 is 1.39. The van der Waals surface area contributed by atoms with Crippen LogP contribution >= 0.6 is 11.8 Å². The van der Waals surface area contributed by atoms with Crippen LogP contribution in [0, 0.1) is 13.8 Å². The lowest BCUT2D eigenvalue weighted by Crippen LogP contribution is -2.04. The third-order valence-electron chi connectivity index (χ3n) is 3.64. The minimum Gasteiger partial charge on any atom is -0.469 e. The third kappa shape index (κ3) is 3.22. The predicted octanol–water partition coefficient (Wildman–Crippen LogP) is 3.67. The molecule has 0 aliphatic heterocycles. The summed E-state index contributed by atoms with van der Waals surface area (Å²) in [6.45, 7) is 3.89. The Morgan fingerprint density at radius 3 is 2.57 bits per heavy atom. The molecule has 0 saturated heterocycles. The Bertz CT molecular complexity index is 834. The lowest BCUT2D eigenvalue weighted by molar-refractivity contribution is 0.102. The number of rotatable bonds is 5. The van der Waals surface area contributed by atoms with E-state index in [-0.39, 0.29) is 5.78 Å². The van der Waals surface area contributed by atoms with E-state index in [9.17, 15) is 4.79 Å². The van der Waals surface area contributed by atoms with Crippen LogP contribution in [0.25, 0.3) is 11.4 Å². The van der Waals surface area contributed by atoms with E-state index < -0.39 is 0 Å². The van der Waals surface area contributed by atoms with E-state index in [4.69, 9.17) is 4.42 Å². The van der Waals surface area contributed by atoms with Gasteiger partial charge in [-0.3, -0.25) is 4.79 Å². The van der Waals surface area contributed by atoms with Crippen molar-refractivity contribution in [1.29, 1.82) is 0 Å². The number of hydrogen-bond donors (Lipinski definition) is 0. The van der Waals surface area contributed by atoms with Crippen molar-refractivity contribution in [3.8, 4) is 11.4 Å². The molecule has 2 aromatic heterocycles. The molecule has 0 aliphatic carbocycles. The summed E-state index contributed by atoms with van der Waals surface area (Å²) in [6.07, 6.45) is 1.63. The zero-order valence-corrected chi connectivity index (χ0v) is 14.1. The van der Waals surface area contributed by atoms with Crippen molar-refractivity contribution in [1.82, 2.24) is 14.8 Å². The highest BCUT2D eigenvalue weighted by Gasteiger charge is 2.16. The topological polar surface area (TPSA) is 60.9 Å². The van der Waals surface area contributed by atoms with Gasteiger partial charge >= 0.3 is 0 Å². The molecule has 0 spiro atoms. The third-order valence-corrected chi connectivity index (χ3v) is 4.66. The maximum Gasteiger partial charge on any atom is 0.191 e. The van der Waals surface area contributed by atoms with Crippen LogP contribution in [0.5, 0.6) is 0 Å². The van der Waals surface area contributed by atoms with Gasteiger partial charge < -0.3 is 8.98 Å². The lowest BCUT2D eigenvalue weighted by Gasteiger charge is -2.03. The van der Waals surface area contributed by atoms with Crippen LogP contribution in [-0.2, 0) is 7.05 Å². The minimum atomic E-state index is 0.0824. The second kappa shape index (κ2) is 6.42. The largest absolute Gasteiger partial charge is 0.469 e. The molecule has 3 rings (SSSR count). The number of furan rings is 1. The Labute approximate surface area is 138 Å². The first-order chi connectivity index (χ1) is 11.1. The van der Waals surface area contributed by atoms with E-state index in [2.05, 4.69) is 10.2 Å². The summed E-state index contributed by atoms with van der Waals surface area (Å²) < 4.78 is 7.19. The van der Waals surface area contributed by atoms with E-state index >= 15 is 0 Å². The number of ketones is 1. The van der Waals surface area contributed by atoms with Gasteiger partial charge in [-0.2, -0.15) is 0 Å². The van der Waals surface area contributed by atoms with Crippen molar-refractivity contribution < 1.29 is 9.21 Å². The second-order valence-corrected chi connectivity index (χ2v) is 6.28. The molecule has 0 N–H and O–H groups in total. The molecule has 0 bridgehead atoms. The number of aryl methyl sites for hydroxylation is 2. The lowest BCUT2D eigenvalue weighted by atomic mass is 10.1. The van der Waals surface area contributed by atoms with Gasteiger partial charge in [0, 0.05) is 12.6 Å². The average Bonchev–Trinajstić information content (AvgIpc) is 3.11. The van der Waals surface area contributed by atoms with Crippen molar-refractivity contribution in [2.75, 3.05) is 5.75 Å². The molecule has 0 atom stereocenters. The normalized spacial score (nSPS) is 10.9. The van der Waals surface area contributed by atoms with Gasteiger partial charge in [0.2, 0.25) is 0 Å². The van der Waals surface area contributed by atoms with Gasteiger partial charge in [-0.15, -0.1) is 10.2 Å². The minimum absolute atomic E-state index is 0.0824. The molecule has 0 radical (unpaired) electrons. The molecule has 5 nitrogen and oxygen atoms in total. The maximum atomic E-state index is 12.2. The number of hydrogen-bond acceptors (Lipinski definition) is 5. The fraction of sp³-hybridized carbons (Fsp3) is 0.235. The number of carbonyl (C=O) groups excluding carboxylic acids is 1. The molecule has 0 aliphatic rings. The molecule has 2 heterocycles. The van der Waals surface area contributed by atoms with Crippen LogP contribution in [0.4, 0.5) is 0 Å². The number of aromatic nitrogens is 3. The van der Waals surface area contributed by atoms with Gasteiger partial charge in [0.1, 0.15) is 5.76 Å². The summed E-state index contributed by atoms with van der Waals surface area (Å²) in [6, 6.07) is 9.47. The van der Waals surface area contributed by atoms with E-state index in [0.717, 1.165) is 28.3 Å². The zero-order valence-electron chi connectivity index (χ0n) is 13.2. The number of Topliss-reactive ketones (excluding diaryl/α,β-unsaturated/α-hetero) is 1. The quantitative estimate of drug-likeness (QED) is 0.528. The van der Waals surface area contributed by atoms with Crippen LogP contribution in [0.2, 0.25) is 0 Å². The van der Waals surface area contributed by atoms with Crippen molar-refractivity contribution in [2.24, 2.45) is 7.05 Å². The van der Waals surface area contributed by atoms with Crippen LogP contribution in [0.15, 0.2) is 46.2 Å². The van der Waals surface area contributed by atoms with E-state index in [0.29, 0.717) is 10.9 Å². The standard InChI is InChI=1S/C17H17N3O2S/c1-11-4-6-13(7-5-11)15(21)10-23-17-19-18-16(20(17)3)14-8-9-22-12(14)2/h4-9H,10H2,1-3H3. The summed E-state index contributed by atoms with van der Waals surface area (Å²) in [5.74, 6) is 1.95. The molecule has 0 unspecified atom stereocenters. The molecule has 3 aromatic rings. The Morgan fingerprint density at radius 2 is 1.91 bits per heavy atom. The molecular formula is C17H17N3O2S. The number of carbonyl (C=O) groups is 1. The van der Waals surface area contributed by atoms with Crippen molar-refractivity contribution in [3.05, 3.63) is 53.5 Å². The molecular weight excluding hydrogens is 310 g/mol. The SMILES string of the molecule is Cc1ccc(C(=O)CSc2nnc(-c3ccoc3C)n2C)cc1. The first kappa shape index (κ1) is 15.6. The van der Waals surface area contributed by atoms with Gasteiger partial charge in [-0.25, -0.2) is 0 Å². The summed E-state index contributed by atoms with van der Waals surface area (Å²) in [4.78, 5) is 12.2. The summed E-state index contributed by atoms with van der Waals surface area (Å²) in [7, 11) is 1.89. The van der Waals surface area contributed by atoms with Gasteiger partial charge in [0.25, 0.3) is 0 Å². The van der Waals surface area contributed by atoms with Gasteiger partial charge in [0.05, 0.1) is 17.6 Å². The highest BCUT2D eigenvalue weighted by Crippen LogP contribution is 2.26. The fourth-order valence-electron chi connectivity index (χ4n) is 2.24. The molecule has 0 amide bonds. The smallest absolute Gasteiger partial charge is 0.191 e. The van der Waals surface area contributed by atoms with Gasteiger partial charge in [-0.1, -0.05) is 41.6 Å². The number of nitrogens with zero attached hydrogens (tertiary/aromatic N) is 3. The van der Waals surface area contributed by atoms with E-state index in [1.165, 1.54) is 11.8 Å². The molecule has 23 heavy (non-hydrogen) atoms.